The highest BCUT2D eigenvalue weighted by molar-refractivity contribution is 7.94. The second-order valence-corrected chi connectivity index (χ2v) is 9.34. The van der Waals surface area contributed by atoms with Crippen molar-refractivity contribution in [2.24, 2.45) is 0 Å². The number of fused-ring (bicyclic) bond motifs is 6. The molecule has 1 aromatic carbocycles. The lowest BCUT2D eigenvalue weighted by molar-refractivity contribution is -0.149. The van der Waals surface area contributed by atoms with Gasteiger partial charge < -0.3 is 9.64 Å². The third kappa shape index (κ3) is 3.06. The van der Waals surface area contributed by atoms with Gasteiger partial charge in [0.25, 0.3) is 0 Å². The summed E-state index contributed by atoms with van der Waals surface area (Å²) in [7, 11) is 1.73. The van der Waals surface area contributed by atoms with Crippen molar-refractivity contribution in [3.05, 3.63) is 29.3 Å². The Morgan fingerprint density at radius 1 is 1.07 bits per heavy atom. The van der Waals surface area contributed by atoms with Gasteiger partial charge in [-0.25, -0.2) is 8.61 Å². The quantitative estimate of drug-likeness (QED) is 0.743. The van der Waals surface area contributed by atoms with Gasteiger partial charge in [-0.15, -0.1) is 0 Å². The minimum absolute atomic E-state index is 0.0618. The van der Waals surface area contributed by atoms with Gasteiger partial charge in [-0.3, -0.25) is 4.79 Å². The van der Waals surface area contributed by atoms with Gasteiger partial charge in [0.15, 0.2) is 0 Å². The standard InChI is InChI=1S/C21H29N3O2S/c1-26-16-8-9-17-15(14-16)10-13-23-20(17)18-6-5-7-19(21(23)25)24(18)27-22-11-3-2-4-12-22/h8-9,14,18-20H,2-7,10-13H2,1H3. The van der Waals surface area contributed by atoms with Gasteiger partial charge >= 0.3 is 0 Å². The summed E-state index contributed by atoms with van der Waals surface area (Å²) in [5, 5.41) is 0. The zero-order valence-electron chi connectivity index (χ0n) is 16.1. The minimum atomic E-state index is 0.0618. The number of piperidine rings is 2. The van der Waals surface area contributed by atoms with Crippen LogP contribution in [0.1, 0.15) is 55.7 Å². The topological polar surface area (TPSA) is 36.0 Å². The zero-order valence-corrected chi connectivity index (χ0v) is 16.9. The Kier molecular flexibility index (Phi) is 4.82. The van der Waals surface area contributed by atoms with Crippen LogP contribution in [0.4, 0.5) is 0 Å². The van der Waals surface area contributed by atoms with Crippen molar-refractivity contribution in [1.29, 1.82) is 0 Å². The number of rotatable bonds is 3. The number of nitrogens with zero attached hydrogens (tertiary/aromatic N) is 3. The second-order valence-electron chi connectivity index (χ2n) is 8.24. The van der Waals surface area contributed by atoms with E-state index in [0.717, 1.165) is 44.6 Å². The first-order valence-corrected chi connectivity index (χ1v) is 11.2. The van der Waals surface area contributed by atoms with Crippen molar-refractivity contribution in [3.63, 3.8) is 0 Å². The van der Waals surface area contributed by atoms with Gasteiger partial charge in [0.2, 0.25) is 5.91 Å². The van der Waals surface area contributed by atoms with Gasteiger partial charge in [0.1, 0.15) is 11.8 Å². The number of benzene rings is 1. The third-order valence-electron chi connectivity index (χ3n) is 6.70. The maximum atomic E-state index is 13.4. The predicted octanol–water partition coefficient (Wildman–Crippen LogP) is 3.41. The Bertz CT molecular complexity index is 721. The average molecular weight is 388 g/mol. The van der Waals surface area contributed by atoms with Crippen LogP contribution in [0.25, 0.3) is 0 Å². The number of carbonyl (C=O) groups is 1. The molecule has 4 aliphatic rings. The van der Waals surface area contributed by atoms with Gasteiger partial charge in [-0.1, -0.05) is 12.5 Å². The summed E-state index contributed by atoms with van der Waals surface area (Å²) < 4.78 is 10.4. The number of amides is 1. The highest BCUT2D eigenvalue weighted by Gasteiger charge is 2.51. The molecule has 0 spiro atoms. The van der Waals surface area contributed by atoms with Crippen LogP contribution in [-0.2, 0) is 11.2 Å². The molecule has 0 aliphatic carbocycles. The SMILES string of the molecule is COc1ccc2c(c1)CCN1C(=O)C3CCCC(C21)N3SN1CCCCC1. The molecule has 3 saturated heterocycles. The van der Waals surface area contributed by atoms with Crippen molar-refractivity contribution < 1.29 is 9.53 Å². The number of piperazine rings is 1. The fraction of sp³-hybridized carbons (Fsp3) is 0.667. The van der Waals surface area contributed by atoms with Crippen LogP contribution in [-0.4, -0.2) is 58.2 Å². The van der Waals surface area contributed by atoms with E-state index >= 15 is 0 Å². The van der Waals surface area contributed by atoms with Crippen molar-refractivity contribution in [1.82, 2.24) is 13.5 Å². The van der Waals surface area contributed by atoms with E-state index in [9.17, 15) is 4.79 Å². The van der Waals surface area contributed by atoms with E-state index < -0.39 is 0 Å². The molecule has 0 N–H and O–H groups in total. The fourth-order valence-corrected chi connectivity index (χ4v) is 6.69. The van der Waals surface area contributed by atoms with Gasteiger partial charge in [0.05, 0.1) is 13.2 Å². The molecule has 5 rings (SSSR count). The number of ether oxygens (including phenoxy) is 1. The maximum absolute atomic E-state index is 13.4. The molecule has 3 atom stereocenters. The van der Waals surface area contributed by atoms with Crippen molar-refractivity contribution in [2.75, 3.05) is 26.7 Å². The number of hydrogen-bond acceptors (Lipinski definition) is 5. The molecule has 0 aromatic heterocycles. The monoisotopic (exact) mass is 387 g/mol. The van der Waals surface area contributed by atoms with Crippen LogP contribution >= 0.6 is 12.1 Å². The summed E-state index contributed by atoms with van der Waals surface area (Å²) in [6, 6.07) is 7.11. The molecule has 4 aliphatic heterocycles. The molecule has 3 fully saturated rings. The van der Waals surface area contributed by atoms with Crippen LogP contribution in [0.15, 0.2) is 18.2 Å². The van der Waals surface area contributed by atoms with E-state index in [2.05, 4.69) is 31.7 Å². The average Bonchev–Trinajstić information content (AvgIpc) is 2.72. The molecule has 3 unspecified atom stereocenters. The Balaban J connectivity index is 1.48. The molecule has 27 heavy (non-hydrogen) atoms. The molecule has 0 saturated carbocycles. The van der Waals surface area contributed by atoms with Gasteiger partial charge in [-0.2, -0.15) is 0 Å². The fourth-order valence-electron chi connectivity index (χ4n) is 5.35. The summed E-state index contributed by atoms with van der Waals surface area (Å²) >= 11 is 1.87. The second kappa shape index (κ2) is 7.30. The highest BCUT2D eigenvalue weighted by atomic mass is 32.2. The first-order valence-electron chi connectivity index (χ1n) is 10.4. The molecule has 2 bridgehead atoms. The number of hydrogen-bond donors (Lipinski definition) is 0. The molecule has 0 radical (unpaired) electrons. The largest absolute Gasteiger partial charge is 0.497 e. The van der Waals surface area contributed by atoms with E-state index in [-0.39, 0.29) is 12.1 Å². The van der Waals surface area contributed by atoms with Crippen LogP contribution in [0.5, 0.6) is 5.75 Å². The Morgan fingerprint density at radius 2 is 1.93 bits per heavy atom. The summed E-state index contributed by atoms with van der Waals surface area (Å²) in [4.78, 5) is 15.6. The lowest BCUT2D eigenvalue weighted by Crippen LogP contribution is -2.64. The Morgan fingerprint density at radius 3 is 2.74 bits per heavy atom. The maximum Gasteiger partial charge on any atom is 0.241 e. The molecule has 1 amide bonds. The van der Waals surface area contributed by atoms with Crippen LogP contribution in [0.3, 0.4) is 0 Å². The first kappa shape index (κ1) is 17.8. The highest BCUT2D eigenvalue weighted by Crippen LogP contribution is 2.47. The van der Waals surface area contributed by atoms with Crippen LogP contribution in [0, 0.1) is 0 Å². The lowest BCUT2D eigenvalue weighted by Gasteiger charge is -2.55. The van der Waals surface area contributed by atoms with E-state index in [1.54, 1.807) is 7.11 Å². The molecule has 146 valence electrons. The number of methoxy groups -OCH3 is 1. The molecule has 4 heterocycles. The first-order chi connectivity index (χ1) is 13.3. The van der Waals surface area contributed by atoms with Crippen LogP contribution < -0.4 is 4.74 Å². The molecule has 6 heteroatoms. The summed E-state index contributed by atoms with van der Waals surface area (Å²) in [6.45, 7) is 3.15. The van der Waals surface area contributed by atoms with E-state index in [0.29, 0.717) is 11.9 Å². The summed E-state index contributed by atoms with van der Waals surface area (Å²) in [6.07, 6.45) is 8.19. The zero-order chi connectivity index (χ0) is 18.4. The lowest BCUT2D eigenvalue weighted by atomic mass is 9.80. The van der Waals surface area contributed by atoms with Crippen molar-refractivity contribution in [3.8, 4) is 5.75 Å². The normalized spacial score (nSPS) is 31.4. The van der Waals surface area contributed by atoms with Crippen molar-refractivity contribution in [2.45, 2.75) is 63.1 Å². The minimum Gasteiger partial charge on any atom is -0.497 e. The van der Waals surface area contributed by atoms with Crippen LogP contribution in [0.2, 0.25) is 0 Å². The summed E-state index contributed by atoms with van der Waals surface area (Å²) in [5.74, 6) is 1.27. The number of carbonyl (C=O) groups excluding carboxylic acids is 1. The third-order valence-corrected chi connectivity index (χ3v) is 8.01. The molecule has 1 aromatic rings. The Hall–Kier alpha value is -1.24. The predicted molar refractivity (Wildman–Crippen MR) is 107 cm³/mol. The van der Waals surface area contributed by atoms with Crippen molar-refractivity contribution >= 4 is 18.0 Å². The molecular formula is C21H29N3O2S. The smallest absolute Gasteiger partial charge is 0.241 e. The van der Waals surface area contributed by atoms with Gasteiger partial charge in [-0.05, 0) is 61.8 Å². The molecule has 5 nitrogen and oxygen atoms in total. The summed E-state index contributed by atoms with van der Waals surface area (Å²) in [5.41, 5.74) is 2.69. The van der Waals surface area contributed by atoms with E-state index in [1.165, 1.54) is 36.8 Å². The van der Waals surface area contributed by atoms with E-state index in [1.807, 2.05) is 12.1 Å². The van der Waals surface area contributed by atoms with Gasteiger partial charge in [0, 0.05) is 37.8 Å². The van der Waals surface area contributed by atoms with E-state index in [4.69, 9.17) is 4.74 Å². The Labute approximate surface area is 166 Å². The molecular weight excluding hydrogens is 358 g/mol.